The summed E-state index contributed by atoms with van der Waals surface area (Å²) in [6, 6.07) is 19.2. The van der Waals surface area contributed by atoms with Gasteiger partial charge in [0.25, 0.3) is 0 Å². The molecule has 0 aliphatic rings. The van der Waals surface area contributed by atoms with Gasteiger partial charge in [-0.25, -0.2) is 4.79 Å². The highest BCUT2D eigenvalue weighted by Gasteiger charge is 2.33. The largest absolute Gasteiger partial charge is 0.482 e. The van der Waals surface area contributed by atoms with E-state index in [9.17, 15) is 18.0 Å². The Hall–Kier alpha value is -3.48. The Morgan fingerprint density at radius 2 is 1.69 bits per heavy atom. The smallest absolute Gasteiger partial charge is 0.417 e. The van der Waals surface area contributed by atoms with E-state index in [1.165, 1.54) is 12.1 Å². The quantitative estimate of drug-likeness (QED) is 0.553. The molecular weight excluding hydrogens is 383 g/mol. The zero-order valence-electron chi connectivity index (χ0n) is 15.2. The van der Waals surface area contributed by atoms with Crippen molar-refractivity contribution >= 4 is 11.7 Å². The first-order chi connectivity index (χ1) is 13.8. The fourth-order valence-corrected chi connectivity index (χ4v) is 2.85. The van der Waals surface area contributed by atoms with E-state index < -0.39 is 24.3 Å². The van der Waals surface area contributed by atoms with Crippen molar-refractivity contribution in [3.63, 3.8) is 0 Å². The Labute approximate surface area is 165 Å². The molecule has 0 unspecified atom stereocenters. The summed E-state index contributed by atoms with van der Waals surface area (Å²) in [5, 5.41) is 11.8. The van der Waals surface area contributed by atoms with E-state index in [0.717, 1.165) is 17.3 Å². The average molecular weight is 401 g/mol. The third-order valence-corrected chi connectivity index (χ3v) is 4.18. The molecule has 0 atom stereocenters. The fraction of sp³-hybridized carbons (Fsp3) is 0.136. The highest BCUT2D eigenvalue weighted by Crippen LogP contribution is 2.37. The van der Waals surface area contributed by atoms with Gasteiger partial charge in [0.15, 0.2) is 6.61 Å². The summed E-state index contributed by atoms with van der Waals surface area (Å²) in [6.45, 7) is -0.00365. The predicted molar refractivity (Wildman–Crippen MR) is 104 cm³/mol. The molecule has 150 valence electrons. The van der Waals surface area contributed by atoms with Gasteiger partial charge in [-0.1, -0.05) is 36.4 Å². The van der Waals surface area contributed by atoms with Crippen molar-refractivity contribution in [2.75, 3.05) is 11.9 Å². The number of benzene rings is 3. The van der Waals surface area contributed by atoms with Gasteiger partial charge >= 0.3 is 12.1 Å². The first-order valence-electron chi connectivity index (χ1n) is 8.77. The summed E-state index contributed by atoms with van der Waals surface area (Å²) < 4.78 is 44.9. The van der Waals surface area contributed by atoms with Crippen LogP contribution in [0.2, 0.25) is 0 Å². The average Bonchev–Trinajstić information content (AvgIpc) is 2.71. The number of ether oxygens (including phenoxy) is 1. The molecule has 0 heterocycles. The molecule has 0 spiro atoms. The molecule has 3 aromatic rings. The molecule has 7 heteroatoms. The summed E-state index contributed by atoms with van der Waals surface area (Å²) in [4.78, 5) is 10.5. The van der Waals surface area contributed by atoms with Gasteiger partial charge in [0, 0.05) is 12.2 Å². The molecule has 0 radical (unpaired) electrons. The van der Waals surface area contributed by atoms with Crippen molar-refractivity contribution in [3.05, 3.63) is 83.9 Å². The lowest BCUT2D eigenvalue weighted by atomic mass is 9.98. The Balaban J connectivity index is 1.71. The molecule has 0 saturated carbocycles. The summed E-state index contributed by atoms with van der Waals surface area (Å²) in [7, 11) is 0. The van der Waals surface area contributed by atoms with Gasteiger partial charge in [-0.05, 0) is 53.1 Å². The maximum Gasteiger partial charge on any atom is 0.417 e. The van der Waals surface area contributed by atoms with Gasteiger partial charge in [-0.15, -0.1) is 0 Å². The number of halogens is 3. The van der Waals surface area contributed by atoms with Gasteiger partial charge < -0.3 is 15.2 Å². The lowest BCUT2D eigenvalue weighted by molar-refractivity contribution is -0.139. The van der Waals surface area contributed by atoms with Gasteiger partial charge in [0.05, 0.1) is 5.56 Å². The van der Waals surface area contributed by atoms with Crippen molar-refractivity contribution in [1.29, 1.82) is 0 Å². The summed E-state index contributed by atoms with van der Waals surface area (Å²) >= 11 is 0. The monoisotopic (exact) mass is 401 g/mol. The first-order valence-corrected chi connectivity index (χ1v) is 8.77. The van der Waals surface area contributed by atoms with Crippen molar-refractivity contribution in [2.45, 2.75) is 12.7 Å². The second kappa shape index (κ2) is 8.68. The standard InChI is InChI=1S/C22H18F3NO3/c23-22(24,25)20-7-2-1-6-19(20)16-5-3-4-15(12-16)13-26-17-8-10-18(11-9-17)29-14-21(27)28/h1-12,26H,13-14H2,(H,27,28). The maximum atomic E-state index is 13.3. The Morgan fingerprint density at radius 3 is 2.38 bits per heavy atom. The highest BCUT2D eigenvalue weighted by atomic mass is 19.4. The Kier molecular flexibility index (Phi) is 6.07. The molecule has 0 aromatic heterocycles. The molecule has 0 aliphatic heterocycles. The zero-order chi connectivity index (χ0) is 20.9. The third kappa shape index (κ3) is 5.51. The number of anilines is 1. The molecule has 3 aromatic carbocycles. The number of rotatable bonds is 7. The highest BCUT2D eigenvalue weighted by molar-refractivity contribution is 5.69. The lowest BCUT2D eigenvalue weighted by Crippen LogP contribution is -2.09. The lowest BCUT2D eigenvalue weighted by Gasteiger charge is -2.14. The van der Waals surface area contributed by atoms with E-state index in [-0.39, 0.29) is 5.56 Å². The number of aliphatic carboxylic acids is 1. The molecule has 0 amide bonds. The number of alkyl halides is 3. The van der Waals surface area contributed by atoms with E-state index in [1.54, 1.807) is 48.5 Å². The number of carbonyl (C=O) groups is 1. The molecule has 0 bridgehead atoms. The number of carboxylic acids is 1. The van der Waals surface area contributed by atoms with Crippen molar-refractivity contribution in [3.8, 4) is 16.9 Å². The van der Waals surface area contributed by atoms with Crippen LogP contribution in [0.4, 0.5) is 18.9 Å². The van der Waals surface area contributed by atoms with Crippen LogP contribution in [0.1, 0.15) is 11.1 Å². The number of hydrogen-bond acceptors (Lipinski definition) is 3. The van der Waals surface area contributed by atoms with Crippen LogP contribution < -0.4 is 10.1 Å². The van der Waals surface area contributed by atoms with Crippen LogP contribution in [-0.2, 0) is 17.5 Å². The molecule has 29 heavy (non-hydrogen) atoms. The Morgan fingerprint density at radius 1 is 0.966 bits per heavy atom. The molecule has 0 fully saturated rings. The second-order valence-corrected chi connectivity index (χ2v) is 6.30. The van der Waals surface area contributed by atoms with E-state index in [0.29, 0.717) is 17.9 Å². The minimum Gasteiger partial charge on any atom is -0.482 e. The van der Waals surface area contributed by atoms with Crippen molar-refractivity contribution < 1.29 is 27.8 Å². The van der Waals surface area contributed by atoms with Gasteiger partial charge in [-0.2, -0.15) is 13.2 Å². The van der Waals surface area contributed by atoms with Crippen molar-refractivity contribution in [1.82, 2.24) is 0 Å². The topological polar surface area (TPSA) is 58.6 Å². The SMILES string of the molecule is O=C(O)COc1ccc(NCc2cccc(-c3ccccc3C(F)(F)F)c2)cc1. The van der Waals surface area contributed by atoms with E-state index in [2.05, 4.69) is 5.32 Å². The van der Waals surface area contributed by atoms with Crippen LogP contribution in [0.25, 0.3) is 11.1 Å². The van der Waals surface area contributed by atoms with Gasteiger partial charge in [0.1, 0.15) is 5.75 Å². The minimum absolute atomic E-state index is 0.141. The third-order valence-electron chi connectivity index (χ3n) is 4.18. The van der Waals surface area contributed by atoms with Crippen LogP contribution in [0.5, 0.6) is 5.75 Å². The molecule has 4 nitrogen and oxygen atoms in total. The van der Waals surface area contributed by atoms with Crippen molar-refractivity contribution in [2.24, 2.45) is 0 Å². The van der Waals surface area contributed by atoms with E-state index in [4.69, 9.17) is 9.84 Å². The van der Waals surface area contributed by atoms with E-state index >= 15 is 0 Å². The normalized spacial score (nSPS) is 11.1. The Bertz CT molecular complexity index is 985. The van der Waals surface area contributed by atoms with Crippen LogP contribution in [0.3, 0.4) is 0 Å². The number of carboxylic acid groups (broad SMARTS) is 1. The maximum absolute atomic E-state index is 13.3. The van der Waals surface area contributed by atoms with E-state index in [1.807, 2.05) is 6.07 Å². The molecule has 2 N–H and O–H groups in total. The van der Waals surface area contributed by atoms with Crippen LogP contribution in [0.15, 0.2) is 72.8 Å². The first kappa shape index (κ1) is 20.3. The van der Waals surface area contributed by atoms with Gasteiger partial charge in [-0.3, -0.25) is 0 Å². The molecule has 0 aliphatic carbocycles. The summed E-state index contributed by atoms with van der Waals surface area (Å²) in [6.07, 6.45) is -4.42. The molecular formula is C22H18F3NO3. The second-order valence-electron chi connectivity index (χ2n) is 6.30. The van der Waals surface area contributed by atoms with Crippen LogP contribution in [0, 0.1) is 0 Å². The summed E-state index contributed by atoms with van der Waals surface area (Å²) in [5.74, 6) is -0.622. The summed E-state index contributed by atoms with van der Waals surface area (Å²) in [5.41, 5.74) is 1.57. The molecule has 0 saturated heterocycles. The fourth-order valence-electron chi connectivity index (χ4n) is 2.85. The number of hydrogen-bond donors (Lipinski definition) is 2. The van der Waals surface area contributed by atoms with Gasteiger partial charge in [0.2, 0.25) is 0 Å². The zero-order valence-corrected chi connectivity index (χ0v) is 15.2. The minimum atomic E-state index is -4.42. The number of nitrogens with one attached hydrogen (secondary N) is 1. The molecule has 3 rings (SSSR count). The van der Waals surface area contributed by atoms with Crippen LogP contribution in [-0.4, -0.2) is 17.7 Å². The van der Waals surface area contributed by atoms with Crippen LogP contribution >= 0.6 is 0 Å². The predicted octanol–water partition coefficient (Wildman–Crippen LogP) is 5.45.